The number of nitrogens with two attached hydrogens (primary N) is 1. The van der Waals surface area contributed by atoms with Gasteiger partial charge in [-0.3, -0.25) is 4.79 Å². The molecule has 9 heteroatoms. The Kier molecular flexibility index (Phi) is 5.96. The second-order valence-electron chi connectivity index (χ2n) is 7.45. The largest absolute Gasteiger partial charge is 0.368 e. The molecular weight excluding hydrogens is 411 g/mol. The van der Waals surface area contributed by atoms with Crippen LogP contribution in [-0.2, 0) is 9.53 Å². The van der Waals surface area contributed by atoms with Crippen molar-refractivity contribution in [2.75, 3.05) is 29.1 Å². The molecule has 1 saturated heterocycles. The van der Waals surface area contributed by atoms with Crippen LogP contribution in [0.15, 0.2) is 54.6 Å². The number of nitrogens with one attached hydrogen (secondary N) is 1. The van der Waals surface area contributed by atoms with E-state index in [4.69, 9.17) is 15.7 Å². The predicted octanol–water partition coefficient (Wildman–Crippen LogP) is 2.97. The van der Waals surface area contributed by atoms with Crippen LogP contribution in [-0.4, -0.2) is 41.2 Å². The summed E-state index contributed by atoms with van der Waals surface area (Å²) >= 11 is 0. The molecule has 0 aliphatic carbocycles. The SMILES string of the molecule is CC1COC(C(=O)Nc2ccccc2)CN1c1cc(-c2ccc(C#N)c(F)c2)nc(N)n1. The normalized spacial score (nSPS) is 18.1. The van der Waals surface area contributed by atoms with Crippen molar-refractivity contribution in [3.63, 3.8) is 0 Å². The van der Waals surface area contributed by atoms with E-state index in [1.807, 2.05) is 30.0 Å². The average molecular weight is 432 g/mol. The monoisotopic (exact) mass is 432 g/mol. The van der Waals surface area contributed by atoms with Crippen LogP contribution in [0.4, 0.5) is 21.8 Å². The van der Waals surface area contributed by atoms with Crippen LogP contribution in [0, 0.1) is 17.1 Å². The number of carbonyl (C=O) groups is 1. The Morgan fingerprint density at radius 3 is 2.75 bits per heavy atom. The van der Waals surface area contributed by atoms with Gasteiger partial charge in [0, 0.05) is 17.3 Å². The van der Waals surface area contributed by atoms with Crippen molar-refractivity contribution in [1.29, 1.82) is 5.26 Å². The molecule has 1 aromatic heterocycles. The zero-order valence-electron chi connectivity index (χ0n) is 17.3. The Bertz CT molecular complexity index is 1180. The molecule has 3 N–H and O–H groups in total. The highest BCUT2D eigenvalue weighted by atomic mass is 19.1. The van der Waals surface area contributed by atoms with Gasteiger partial charge in [0.15, 0.2) is 6.10 Å². The van der Waals surface area contributed by atoms with Crippen LogP contribution in [0.1, 0.15) is 12.5 Å². The van der Waals surface area contributed by atoms with Crippen molar-refractivity contribution in [2.24, 2.45) is 0 Å². The van der Waals surface area contributed by atoms with E-state index >= 15 is 0 Å². The van der Waals surface area contributed by atoms with Crippen LogP contribution < -0.4 is 16.0 Å². The third kappa shape index (κ3) is 4.50. The standard InChI is InChI=1S/C23H21FN6O2/c1-14-13-32-20(22(31)27-17-5-3-2-4-6-17)12-30(14)21-10-19(28-23(26)29-21)15-7-8-16(11-25)18(24)9-15/h2-10,14,20H,12-13H2,1H3,(H,27,31)(H2,26,28,29). The van der Waals surface area contributed by atoms with Gasteiger partial charge in [-0.1, -0.05) is 24.3 Å². The number of rotatable bonds is 4. The number of anilines is 3. The van der Waals surface area contributed by atoms with Crippen LogP contribution in [0.25, 0.3) is 11.3 Å². The molecule has 0 saturated carbocycles. The Hall–Kier alpha value is -4.03. The third-order valence-corrected chi connectivity index (χ3v) is 5.18. The van der Waals surface area contributed by atoms with Gasteiger partial charge in [0.05, 0.1) is 30.5 Å². The van der Waals surface area contributed by atoms with Crippen LogP contribution in [0.3, 0.4) is 0 Å². The molecule has 4 rings (SSSR count). The smallest absolute Gasteiger partial charge is 0.255 e. The summed E-state index contributed by atoms with van der Waals surface area (Å²) in [6.45, 7) is 2.53. The molecule has 2 unspecified atom stereocenters. The van der Waals surface area contributed by atoms with E-state index < -0.39 is 11.9 Å². The molecule has 0 radical (unpaired) electrons. The maximum absolute atomic E-state index is 14.1. The minimum Gasteiger partial charge on any atom is -0.368 e. The van der Waals surface area contributed by atoms with E-state index in [2.05, 4.69) is 15.3 Å². The molecule has 2 aromatic carbocycles. The van der Waals surface area contributed by atoms with Crippen molar-refractivity contribution in [1.82, 2.24) is 9.97 Å². The van der Waals surface area contributed by atoms with Crippen molar-refractivity contribution in [3.8, 4) is 17.3 Å². The summed E-state index contributed by atoms with van der Waals surface area (Å²) in [5.41, 5.74) is 7.45. The van der Waals surface area contributed by atoms with Crippen LogP contribution in [0.2, 0.25) is 0 Å². The number of hydrogen-bond acceptors (Lipinski definition) is 7. The molecule has 162 valence electrons. The highest BCUT2D eigenvalue weighted by molar-refractivity contribution is 5.94. The van der Waals surface area contributed by atoms with Gasteiger partial charge in [-0.2, -0.15) is 10.2 Å². The van der Waals surface area contributed by atoms with Gasteiger partial charge in [0.2, 0.25) is 5.95 Å². The second kappa shape index (κ2) is 8.99. The number of morpholine rings is 1. The highest BCUT2D eigenvalue weighted by Crippen LogP contribution is 2.27. The summed E-state index contributed by atoms with van der Waals surface area (Å²) in [4.78, 5) is 23.2. The summed E-state index contributed by atoms with van der Waals surface area (Å²) < 4.78 is 19.9. The Labute approximate surface area is 184 Å². The van der Waals surface area contributed by atoms with Crippen molar-refractivity contribution < 1.29 is 13.9 Å². The number of para-hydroxylation sites is 1. The summed E-state index contributed by atoms with van der Waals surface area (Å²) in [5.74, 6) is -0.373. The fourth-order valence-corrected chi connectivity index (χ4v) is 3.49. The third-order valence-electron chi connectivity index (χ3n) is 5.18. The fourth-order valence-electron chi connectivity index (χ4n) is 3.49. The Morgan fingerprint density at radius 1 is 1.25 bits per heavy atom. The molecule has 32 heavy (non-hydrogen) atoms. The summed E-state index contributed by atoms with van der Waals surface area (Å²) in [5, 5.41) is 11.8. The topological polar surface area (TPSA) is 117 Å². The quantitative estimate of drug-likeness (QED) is 0.651. The number of halogens is 1. The number of nitriles is 1. The first-order valence-electron chi connectivity index (χ1n) is 10.0. The van der Waals surface area contributed by atoms with Crippen LogP contribution in [0.5, 0.6) is 0 Å². The van der Waals surface area contributed by atoms with Gasteiger partial charge in [-0.15, -0.1) is 0 Å². The van der Waals surface area contributed by atoms with Gasteiger partial charge in [-0.25, -0.2) is 9.37 Å². The predicted molar refractivity (Wildman–Crippen MR) is 118 cm³/mol. The molecule has 3 aromatic rings. The van der Waals surface area contributed by atoms with E-state index in [0.717, 1.165) is 0 Å². The zero-order valence-corrected chi connectivity index (χ0v) is 17.3. The van der Waals surface area contributed by atoms with Gasteiger partial charge in [0.1, 0.15) is 17.7 Å². The number of aromatic nitrogens is 2. The van der Waals surface area contributed by atoms with E-state index in [9.17, 15) is 9.18 Å². The maximum Gasteiger partial charge on any atom is 0.255 e. The lowest BCUT2D eigenvalue weighted by molar-refractivity contribution is -0.128. The van der Waals surface area contributed by atoms with Crippen molar-refractivity contribution in [3.05, 3.63) is 66.0 Å². The van der Waals surface area contributed by atoms with E-state index in [0.29, 0.717) is 29.4 Å². The average Bonchev–Trinajstić information content (AvgIpc) is 2.79. The zero-order chi connectivity index (χ0) is 22.7. The highest BCUT2D eigenvalue weighted by Gasteiger charge is 2.32. The van der Waals surface area contributed by atoms with E-state index in [-0.39, 0.29) is 30.0 Å². The number of nitrogens with zero attached hydrogens (tertiary/aromatic N) is 4. The fraction of sp³-hybridized carbons (Fsp3) is 0.217. The van der Waals surface area contributed by atoms with Crippen molar-refractivity contribution >= 4 is 23.4 Å². The minimum absolute atomic E-state index is 0.0197. The van der Waals surface area contributed by atoms with E-state index in [1.54, 1.807) is 30.3 Å². The summed E-state index contributed by atoms with van der Waals surface area (Å²) in [6.07, 6.45) is -0.710. The molecule has 1 fully saturated rings. The van der Waals surface area contributed by atoms with Gasteiger partial charge < -0.3 is 20.7 Å². The molecule has 0 spiro atoms. The lowest BCUT2D eigenvalue weighted by Gasteiger charge is -2.38. The van der Waals surface area contributed by atoms with Crippen LogP contribution >= 0.6 is 0 Å². The molecule has 1 amide bonds. The number of benzene rings is 2. The molecule has 1 aliphatic rings. The lowest BCUT2D eigenvalue weighted by atomic mass is 10.1. The van der Waals surface area contributed by atoms with Gasteiger partial charge in [0.25, 0.3) is 5.91 Å². The minimum atomic E-state index is -0.710. The molecule has 8 nitrogen and oxygen atoms in total. The summed E-state index contributed by atoms with van der Waals surface area (Å²) in [7, 11) is 0. The molecule has 1 aliphatic heterocycles. The number of nitrogen functional groups attached to an aromatic ring is 1. The first kappa shape index (κ1) is 21.2. The number of hydrogen-bond donors (Lipinski definition) is 2. The Morgan fingerprint density at radius 2 is 2.03 bits per heavy atom. The van der Waals surface area contributed by atoms with Crippen molar-refractivity contribution in [2.45, 2.75) is 19.1 Å². The number of carbonyl (C=O) groups excluding carboxylic acids is 1. The molecule has 0 bridgehead atoms. The molecular formula is C23H21FN6O2. The molecule has 2 atom stereocenters. The number of ether oxygens (including phenoxy) is 1. The van der Waals surface area contributed by atoms with E-state index in [1.165, 1.54) is 12.1 Å². The first-order chi connectivity index (χ1) is 15.4. The first-order valence-corrected chi connectivity index (χ1v) is 10.0. The number of amides is 1. The Balaban J connectivity index is 1.58. The molecule has 2 heterocycles. The maximum atomic E-state index is 14.1. The second-order valence-corrected chi connectivity index (χ2v) is 7.45. The van der Waals surface area contributed by atoms with Gasteiger partial charge in [-0.05, 0) is 31.2 Å². The lowest BCUT2D eigenvalue weighted by Crippen LogP contribution is -2.52. The van der Waals surface area contributed by atoms with Gasteiger partial charge >= 0.3 is 0 Å². The summed E-state index contributed by atoms with van der Waals surface area (Å²) in [6, 6.07) is 16.8.